The third-order valence-electron chi connectivity index (χ3n) is 3.30. The van der Waals surface area contributed by atoms with Crippen molar-refractivity contribution in [2.45, 2.75) is 57.5 Å². The molecular weight excluding hydrogens is 350 g/mol. The highest BCUT2D eigenvalue weighted by molar-refractivity contribution is 5.94. The number of rotatable bonds is 10. The van der Waals surface area contributed by atoms with E-state index in [-0.39, 0.29) is 0 Å². The van der Waals surface area contributed by atoms with Gasteiger partial charge in [0.2, 0.25) is 23.6 Å². The number of aliphatic hydroxyl groups excluding tert-OH is 1. The monoisotopic (exact) mass is 375 g/mol. The number of hydrogen-bond donors (Lipinski definition) is 7. The van der Waals surface area contributed by atoms with Crippen molar-refractivity contribution in [3.63, 3.8) is 0 Å². The quantitative estimate of drug-likeness (QED) is 0.200. The molecule has 0 heterocycles. The number of carbonyl (C=O) groups is 5. The molecule has 0 aliphatic carbocycles. The topological polar surface area (TPSA) is 214 Å². The molecule has 12 nitrogen and oxygen atoms in total. The number of hydrogen-bond acceptors (Lipinski definition) is 7. The number of aliphatic carboxylic acids is 1. The van der Waals surface area contributed by atoms with Gasteiger partial charge in [0.1, 0.15) is 18.1 Å². The standard InChI is InChI=1S/C14H25N5O7/c1-5(17-12(23)8(15)4-9(16)21)11(22)19-10(7(3)20)13(24)18-6(2)14(25)26/h5-8,10,20H,4,15H2,1-3H3,(H2,16,21)(H,17,23)(H,18,24)(H,19,22)(H,25,26). The maximum absolute atomic E-state index is 12.1. The van der Waals surface area contributed by atoms with Crippen LogP contribution in [0.25, 0.3) is 0 Å². The molecule has 0 fully saturated rings. The van der Waals surface area contributed by atoms with Crippen LogP contribution in [-0.4, -0.2) is 70.1 Å². The van der Waals surface area contributed by atoms with Gasteiger partial charge in [0.25, 0.3) is 0 Å². The summed E-state index contributed by atoms with van der Waals surface area (Å²) in [4.78, 5) is 57.3. The lowest BCUT2D eigenvalue weighted by Gasteiger charge is -2.24. The maximum atomic E-state index is 12.1. The fourth-order valence-corrected chi connectivity index (χ4v) is 1.74. The maximum Gasteiger partial charge on any atom is 0.325 e. The molecule has 0 aliphatic rings. The molecule has 0 bridgehead atoms. The van der Waals surface area contributed by atoms with Crippen LogP contribution in [0.15, 0.2) is 0 Å². The van der Waals surface area contributed by atoms with Gasteiger partial charge in [-0.2, -0.15) is 0 Å². The lowest BCUT2D eigenvalue weighted by molar-refractivity contribution is -0.142. The summed E-state index contributed by atoms with van der Waals surface area (Å²) in [6, 6.07) is -5.06. The first-order valence-electron chi connectivity index (χ1n) is 7.72. The number of aliphatic hydroxyl groups is 1. The molecule has 12 heteroatoms. The molecule has 0 aliphatic heterocycles. The molecule has 0 spiro atoms. The molecule has 0 aromatic heterocycles. The summed E-state index contributed by atoms with van der Waals surface area (Å²) in [7, 11) is 0. The Labute approximate surface area is 149 Å². The second kappa shape index (κ2) is 10.3. The summed E-state index contributed by atoms with van der Waals surface area (Å²) in [6.45, 7) is 3.73. The molecule has 0 saturated heterocycles. The SMILES string of the molecule is CC(NC(=O)C(NC(=O)C(C)NC(=O)C(N)CC(N)=O)C(C)O)C(=O)O. The zero-order valence-electron chi connectivity index (χ0n) is 14.7. The van der Waals surface area contributed by atoms with E-state index in [1.54, 1.807) is 0 Å². The van der Waals surface area contributed by atoms with Crippen molar-refractivity contribution < 1.29 is 34.2 Å². The van der Waals surface area contributed by atoms with Gasteiger partial charge in [0.15, 0.2) is 0 Å². The fourth-order valence-electron chi connectivity index (χ4n) is 1.74. The van der Waals surface area contributed by atoms with Gasteiger partial charge >= 0.3 is 5.97 Å². The average molecular weight is 375 g/mol. The van der Waals surface area contributed by atoms with Crippen LogP contribution in [0.5, 0.6) is 0 Å². The van der Waals surface area contributed by atoms with Crippen LogP contribution >= 0.6 is 0 Å². The first-order valence-corrected chi connectivity index (χ1v) is 7.72. The van der Waals surface area contributed by atoms with Crippen molar-refractivity contribution in [2.24, 2.45) is 11.5 Å². The van der Waals surface area contributed by atoms with Gasteiger partial charge < -0.3 is 37.6 Å². The molecule has 5 atom stereocenters. The number of nitrogens with two attached hydrogens (primary N) is 2. The number of carboxylic acid groups (broad SMARTS) is 1. The highest BCUT2D eigenvalue weighted by atomic mass is 16.4. The van der Waals surface area contributed by atoms with Crippen LogP contribution in [0.2, 0.25) is 0 Å². The fraction of sp³-hybridized carbons (Fsp3) is 0.643. The highest BCUT2D eigenvalue weighted by Gasteiger charge is 2.30. The molecule has 9 N–H and O–H groups in total. The third kappa shape index (κ3) is 7.90. The number of amides is 4. The zero-order valence-corrected chi connectivity index (χ0v) is 14.7. The van der Waals surface area contributed by atoms with Crippen LogP contribution in [0, 0.1) is 0 Å². The van der Waals surface area contributed by atoms with Crippen LogP contribution < -0.4 is 27.4 Å². The van der Waals surface area contributed by atoms with Crippen molar-refractivity contribution in [1.82, 2.24) is 16.0 Å². The smallest absolute Gasteiger partial charge is 0.325 e. The van der Waals surface area contributed by atoms with E-state index < -0.39 is 66.3 Å². The van der Waals surface area contributed by atoms with Gasteiger partial charge in [-0.1, -0.05) is 0 Å². The van der Waals surface area contributed by atoms with E-state index in [9.17, 15) is 29.1 Å². The van der Waals surface area contributed by atoms with E-state index in [1.807, 2.05) is 0 Å². The number of primary amides is 1. The van der Waals surface area contributed by atoms with Crippen LogP contribution in [0.1, 0.15) is 27.2 Å². The van der Waals surface area contributed by atoms with Crippen LogP contribution in [0.3, 0.4) is 0 Å². The predicted molar refractivity (Wildman–Crippen MR) is 88.2 cm³/mol. The summed E-state index contributed by atoms with van der Waals surface area (Å²) in [5, 5.41) is 25.0. The normalized spacial score (nSPS) is 16.3. The Bertz CT molecular complexity index is 566. The van der Waals surface area contributed by atoms with Gasteiger partial charge in [-0.3, -0.25) is 24.0 Å². The largest absolute Gasteiger partial charge is 0.480 e. The first-order chi connectivity index (χ1) is 11.9. The molecular formula is C14H25N5O7. The number of carboxylic acids is 1. The molecule has 0 aromatic carbocycles. The average Bonchev–Trinajstić information content (AvgIpc) is 2.50. The molecule has 0 saturated carbocycles. The Morgan fingerprint density at radius 3 is 1.81 bits per heavy atom. The van der Waals surface area contributed by atoms with E-state index in [0.717, 1.165) is 0 Å². The van der Waals surface area contributed by atoms with Gasteiger partial charge in [-0.25, -0.2) is 0 Å². The first kappa shape index (κ1) is 23.3. The minimum absolute atomic E-state index is 0.411. The van der Waals surface area contributed by atoms with Crippen molar-refractivity contribution >= 4 is 29.6 Å². The summed E-state index contributed by atoms with van der Waals surface area (Å²) < 4.78 is 0. The minimum atomic E-state index is -1.44. The van der Waals surface area contributed by atoms with E-state index >= 15 is 0 Å². The van der Waals surface area contributed by atoms with E-state index in [0.29, 0.717) is 0 Å². The Kier molecular flexibility index (Phi) is 9.22. The molecule has 0 aromatic rings. The summed E-state index contributed by atoms with van der Waals surface area (Å²) in [5.41, 5.74) is 10.4. The van der Waals surface area contributed by atoms with Crippen molar-refractivity contribution in [1.29, 1.82) is 0 Å². The molecule has 0 rings (SSSR count). The van der Waals surface area contributed by atoms with Gasteiger partial charge in [-0.05, 0) is 20.8 Å². The molecule has 4 amide bonds. The van der Waals surface area contributed by atoms with E-state index in [1.165, 1.54) is 20.8 Å². The number of nitrogens with one attached hydrogen (secondary N) is 3. The summed E-state index contributed by atoms with van der Waals surface area (Å²) in [5.74, 6) is -4.62. The Balaban J connectivity index is 4.84. The Morgan fingerprint density at radius 1 is 0.885 bits per heavy atom. The van der Waals surface area contributed by atoms with E-state index in [4.69, 9.17) is 16.6 Å². The third-order valence-corrected chi connectivity index (χ3v) is 3.30. The van der Waals surface area contributed by atoms with E-state index in [2.05, 4.69) is 16.0 Å². The highest BCUT2D eigenvalue weighted by Crippen LogP contribution is 1.98. The minimum Gasteiger partial charge on any atom is -0.480 e. The lowest BCUT2D eigenvalue weighted by Crippen LogP contribution is -2.59. The predicted octanol–water partition coefficient (Wildman–Crippen LogP) is -3.85. The van der Waals surface area contributed by atoms with Crippen molar-refractivity contribution in [3.05, 3.63) is 0 Å². The summed E-state index contributed by atoms with van der Waals surface area (Å²) >= 11 is 0. The molecule has 26 heavy (non-hydrogen) atoms. The van der Waals surface area contributed by atoms with Gasteiger partial charge in [0.05, 0.1) is 18.6 Å². The molecule has 0 radical (unpaired) electrons. The van der Waals surface area contributed by atoms with Crippen molar-refractivity contribution in [3.8, 4) is 0 Å². The van der Waals surface area contributed by atoms with Crippen LogP contribution in [0.4, 0.5) is 0 Å². The number of carbonyl (C=O) groups excluding carboxylic acids is 4. The molecule has 148 valence electrons. The summed E-state index contributed by atoms with van der Waals surface area (Å²) in [6.07, 6.45) is -1.74. The Morgan fingerprint density at radius 2 is 1.38 bits per heavy atom. The zero-order chi connectivity index (χ0) is 20.6. The second-order valence-corrected chi connectivity index (χ2v) is 5.80. The Hall–Kier alpha value is -2.73. The second-order valence-electron chi connectivity index (χ2n) is 5.80. The molecule has 5 unspecified atom stereocenters. The van der Waals surface area contributed by atoms with Crippen LogP contribution in [-0.2, 0) is 24.0 Å². The van der Waals surface area contributed by atoms with Gasteiger partial charge in [0, 0.05) is 0 Å². The lowest BCUT2D eigenvalue weighted by atomic mass is 10.1. The van der Waals surface area contributed by atoms with Gasteiger partial charge in [-0.15, -0.1) is 0 Å². The van der Waals surface area contributed by atoms with Crippen molar-refractivity contribution in [2.75, 3.05) is 0 Å².